The molecular formula is C15H21NO4. The highest BCUT2D eigenvalue weighted by Crippen LogP contribution is 2.37. The number of rotatable bonds is 3. The molecule has 0 atom stereocenters. The molecule has 2 rings (SSSR count). The Balaban J connectivity index is 2.09. The largest absolute Gasteiger partial charge is 0.496 e. The first-order valence-electron chi connectivity index (χ1n) is 6.88. The average molecular weight is 279 g/mol. The van der Waals surface area contributed by atoms with Crippen LogP contribution in [-0.2, 0) is 10.3 Å². The van der Waals surface area contributed by atoms with E-state index in [0.717, 1.165) is 5.56 Å². The lowest BCUT2D eigenvalue weighted by molar-refractivity contribution is -0.0258. The second-order valence-electron chi connectivity index (χ2n) is 4.92. The molecular weight excluding hydrogens is 258 g/mol. The van der Waals surface area contributed by atoms with Crippen LogP contribution in [0.2, 0.25) is 0 Å². The lowest BCUT2D eigenvalue weighted by atomic mass is 9.84. The topological polar surface area (TPSA) is 59.0 Å². The highest BCUT2D eigenvalue weighted by atomic mass is 16.6. The molecule has 5 nitrogen and oxygen atoms in total. The summed E-state index contributed by atoms with van der Waals surface area (Å²) in [4.78, 5) is 13.3. The van der Waals surface area contributed by atoms with Crippen LogP contribution in [0.15, 0.2) is 24.3 Å². The van der Waals surface area contributed by atoms with Crippen LogP contribution in [0.25, 0.3) is 0 Å². The fraction of sp³-hybridized carbons (Fsp3) is 0.533. The lowest BCUT2D eigenvalue weighted by Crippen LogP contribution is -2.45. The van der Waals surface area contributed by atoms with E-state index >= 15 is 0 Å². The highest BCUT2D eigenvalue weighted by Gasteiger charge is 2.37. The Morgan fingerprint density at radius 2 is 2.00 bits per heavy atom. The fourth-order valence-electron chi connectivity index (χ4n) is 2.57. The summed E-state index contributed by atoms with van der Waals surface area (Å²) in [6.07, 6.45) is 0.646. The first kappa shape index (κ1) is 14.7. The molecule has 0 bridgehead atoms. The van der Waals surface area contributed by atoms with Crippen LogP contribution in [0.1, 0.15) is 25.3 Å². The minimum Gasteiger partial charge on any atom is -0.496 e. The van der Waals surface area contributed by atoms with E-state index in [1.54, 1.807) is 18.9 Å². The van der Waals surface area contributed by atoms with Gasteiger partial charge in [-0.2, -0.15) is 0 Å². The number of hydrogen-bond acceptors (Lipinski definition) is 4. The van der Waals surface area contributed by atoms with Crippen molar-refractivity contribution in [2.24, 2.45) is 0 Å². The van der Waals surface area contributed by atoms with Crippen LogP contribution < -0.4 is 4.74 Å². The summed E-state index contributed by atoms with van der Waals surface area (Å²) in [7, 11) is 1.59. The van der Waals surface area contributed by atoms with Crippen molar-refractivity contribution in [3.8, 4) is 5.75 Å². The molecule has 0 unspecified atom stereocenters. The summed E-state index contributed by atoms with van der Waals surface area (Å²) >= 11 is 0. The van der Waals surface area contributed by atoms with E-state index in [0.29, 0.717) is 38.3 Å². The molecule has 1 fully saturated rings. The van der Waals surface area contributed by atoms with Gasteiger partial charge in [0.1, 0.15) is 5.75 Å². The van der Waals surface area contributed by atoms with Crippen LogP contribution in [0.4, 0.5) is 4.79 Å². The van der Waals surface area contributed by atoms with Gasteiger partial charge < -0.3 is 19.5 Å². The molecule has 0 spiro atoms. The van der Waals surface area contributed by atoms with E-state index in [1.807, 2.05) is 24.3 Å². The lowest BCUT2D eigenvalue weighted by Gasteiger charge is -2.38. The molecule has 0 radical (unpaired) electrons. The molecule has 1 aliphatic heterocycles. The number of carbonyl (C=O) groups is 1. The number of methoxy groups -OCH3 is 1. The number of hydrogen-bond donors (Lipinski definition) is 1. The van der Waals surface area contributed by atoms with Crippen molar-refractivity contribution >= 4 is 6.09 Å². The van der Waals surface area contributed by atoms with E-state index < -0.39 is 5.60 Å². The summed E-state index contributed by atoms with van der Waals surface area (Å²) in [6.45, 7) is 3.11. The summed E-state index contributed by atoms with van der Waals surface area (Å²) in [5.41, 5.74) is -0.165. The molecule has 1 amide bonds. The summed E-state index contributed by atoms with van der Waals surface area (Å²) < 4.78 is 10.3. The Hall–Kier alpha value is -1.75. The van der Waals surface area contributed by atoms with E-state index in [9.17, 15) is 9.90 Å². The minimum absolute atomic E-state index is 0.311. The molecule has 110 valence electrons. The van der Waals surface area contributed by atoms with Gasteiger partial charge in [-0.05, 0) is 25.8 Å². The number of likely N-dealkylation sites (tertiary alicyclic amines) is 1. The summed E-state index contributed by atoms with van der Waals surface area (Å²) in [6, 6.07) is 7.47. The van der Waals surface area contributed by atoms with Gasteiger partial charge in [0.05, 0.1) is 19.3 Å². The maximum absolute atomic E-state index is 11.7. The molecule has 1 aliphatic rings. The van der Waals surface area contributed by atoms with Crippen molar-refractivity contribution in [2.75, 3.05) is 26.8 Å². The Morgan fingerprint density at radius 1 is 1.35 bits per heavy atom. The molecule has 1 heterocycles. The zero-order valence-corrected chi connectivity index (χ0v) is 12.0. The van der Waals surface area contributed by atoms with Crippen LogP contribution in [0.5, 0.6) is 5.75 Å². The SMILES string of the molecule is CCOC(=O)N1CCC(O)(c2ccccc2OC)CC1. The number of para-hydroxylation sites is 1. The van der Waals surface area contributed by atoms with E-state index in [-0.39, 0.29) is 6.09 Å². The van der Waals surface area contributed by atoms with Crippen molar-refractivity contribution in [1.29, 1.82) is 0 Å². The molecule has 1 aromatic carbocycles. The third kappa shape index (κ3) is 2.88. The van der Waals surface area contributed by atoms with Crippen molar-refractivity contribution in [2.45, 2.75) is 25.4 Å². The van der Waals surface area contributed by atoms with Crippen LogP contribution in [-0.4, -0.2) is 42.9 Å². The number of ether oxygens (including phenoxy) is 2. The molecule has 1 aromatic rings. The van der Waals surface area contributed by atoms with Gasteiger partial charge in [0.25, 0.3) is 0 Å². The first-order valence-corrected chi connectivity index (χ1v) is 6.88. The quantitative estimate of drug-likeness (QED) is 0.921. The molecule has 0 saturated carbocycles. The number of amides is 1. The van der Waals surface area contributed by atoms with Crippen LogP contribution in [0, 0.1) is 0 Å². The van der Waals surface area contributed by atoms with E-state index in [4.69, 9.17) is 9.47 Å². The smallest absolute Gasteiger partial charge is 0.409 e. The monoisotopic (exact) mass is 279 g/mol. The summed E-state index contributed by atoms with van der Waals surface area (Å²) in [5, 5.41) is 10.8. The maximum Gasteiger partial charge on any atom is 0.409 e. The predicted molar refractivity (Wildman–Crippen MR) is 74.7 cm³/mol. The number of nitrogens with zero attached hydrogens (tertiary/aromatic N) is 1. The standard InChI is InChI=1S/C15H21NO4/c1-3-20-14(17)16-10-8-15(18,9-11-16)12-6-4-5-7-13(12)19-2/h4-7,18H,3,8-11H2,1-2H3. The van der Waals surface area contributed by atoms with Crippen molar-refractivity contribution in [3.05, 3.63) is 29.8 Å². The number of benzene rings is 1. The van der Waals surface area contributed by atoms with Crippen LogP contribution in [0.3, 0.4) is 0 Å². The molecule has 5 heteroatoms. The minimum atomic E-state index is -0.949. The van der Waals surface area contributed by atoms with Crippen molar-refractivity contribution in [3.63, 3.8) is 0 Å². The Morgan fingerprint density at radius 3 is 2.60 bits per heavy atom. The zero-order valence-electron chi connectivity index (χ0n) is 12.0. The Kier molecular flexibility index (Phi) is 4.49. The molecule has 20 heavy (non-hydrogen) atoms. The van der Waals surface area contributed by atoms with Crippen LogP contribution >= 0.6 is 0 Å². The van der Waals surface area contributed by atoms with Gasteiger partial charge in [0.15, 0.2) is 0 Å². The van der Waals surface area contributed by atoms with Gasteiger partial charge in [-0.1, -0.05) is 18.2 Å². The number of piperidine rings is 1. The molecule has 0 aromatic heterocycles. The summed E-state index contributed by atoms with van der Waals surface area (Å²) in [5.74, 6) is 0.680. The second kappa shape index (κ2) is 6.13. The van der Waals surface area contributed by atoms with Gasteiger partial charge in [-0.3, -0.25) is 0 Å². The third-order valence-electron chi connectivity index (χ3n) is 3.72. The number of carbonyl (C=O) groups excluding carboxylic acids is 1. The molecule has 0 aliphatic carbocycles. The molecule has 1 saturated heterocycles. The van der Waals surface area contributed by atoms with Crippen molar-refractivity contribution < 1.29 is 19.4 Å². The van der Waals surface area contributed by atoms with E-state index in [1.165, 1.54) is 0 Å². The molecule has 1 N–H and O–H groups in total. The third-order valence-corrected chi connectivity index (χ3v) is 3.72. The predicted octanol–water partition coefficient (Wildman–Crippen LogP) is 2.14. The average Bonchev–Trinajstić information content (AvgIpc) is 2.48. The highest BCUT2D eigenvalue weighted by molar-refractivity contribution is 5.67. The fourth-order valence-corrected chi connectivity index (χ4v) is 2.57. The number of aliphatic hydroxyl groups is 1. The normalized spacial score (nSPS) is 17.6. The van der Waals surface area contributed by atoms with Gasteiger partial charge >= 0.3 is 6.09 Å². The first-order chi connectivity index (χ1) is 9.60. The Labute approximate surface area is 119 Å². The zero-order chi connectivity index (χ0) is 14.6. The van der Waals surface area contributed by atoms with Gasteiger partial charge in [0, 0.05) is 18.7 Å². The van der Waals surface area contributed by atoms with Gasteiger partial charge in [-0.25, -0.2) is 4.79 Å². The van der Waals surface area contributed by atoms with Crippen molar-refractivity contribution in [1.82, 2.24) is 4.90 Å². The van der Waals surface area contributed by atoms with Gasteiger partial charge in [0.2, 0.25) is 0 Å². The van der Waals surface area contributed by atoms with Gasteiger partial charge in [-0.15, -0.1) is 0 Å². The Bertz CT molecular complexity index is 467. The van der Waals surface area contributed by atoms with E-state index in [2.05, 4.69) is 0 Å². The second-order valence-corrected chi connectivity index (χ2v) is 4.92. The maximum atomic E-state index is 11.7.